The van der Waals surface area contributed by atoms with Gasteiger partial charge in [0.15, 0.2) is 23.2 Å². The van der Waals surface area contributed by atoms with Crippen molar-refractivity contribution in [2.24, 2.45) is 5.73 Å². The summed E-state index contributed by atoms with van der Waals surface area (Å²) in [5.41, 5.74) is 5.93. The molecule has 1 aliphatic rings. The first kappa shape index (κ1) is 21.3. The van der Waals surface area contributed by atoms with Gasteiger partial charge in [-0.05, 0) is 60.3 Å². The molecule has 30 heavy (non-hydrogen) atoms. The van der Waals surface area contributed by atoms with E-state index in [-0.39, 0.29) is 17.3 Å². The molecule has 0 bridgehead atoms. The Bertz CT molecular complexity index is 1070. The minimum Gasteiger partial charge on any atom is -0.493 e. The van der Waals surface area contributed by atoms with Crippen LogP contribution in [0.3, 0.4) is 0 Å². The van der Waals surface area contributed by atoms with Crippen molar-refractivity contribution in [2.45, 2.75) is 0 Å². The number of nitrogens with zero attached hydrogens (tertiary/aromatic N) is 1. The van der Waals surface area contributed by atoms with Crippen molar-refractivity contribution < 1.29 is 23.9 Å². The lowest BCUT2D eigenvalue weighted by Gasteiger charge is -2.29. The van der Waals surface area contributed by atoms with Crippen LogP contribution < -0.4 is 25.4 Å². The second-order valence-corrected chi connectivity index (χ2v) is 6.92. The first-order valence-corrected chi connectivity index (χ1v) is 9.35. The first-order chi connectivity index (χ1) is 14.3. The summed E-state index contributed by atoms with van der Waals surface area (Å²) < 4.78 is 10.5. The molecule has 0 spiro atoms. The number of halogens is 1. The second-order valence-electron chi connectivity index (χ2n) is 6.10. The fourth-order valence-electron chi connectivity index (χ4n) is 2.69. The van der Waals surface area contributed by atoms with Crippen LogP contribution in [0, 0.1) is 0 Å². The number of hydrogen-bond acceptors (Lipinski definition) is 6. The minimum atomic E-state index is -0.633. The third-order valence-electron chi connectivity index (χ3n) is 4.06. The van der Waals surface area contributed by atoms with Crippen molar-refractivity contribution in [1.29, 1.82) is 0 Å². The highest BCUT2D eigenvalue weighted by Gasteiger charge is 2.34. The molecule has 1 aliphatic heterocycles. The Kier molecular flexibility index (Phi) is 6.34. The van der Waals surface area contributed by atoms with Gasteiger partial charge in [-0.3, -0.25) is 24.6 Å². The van der Waals surface area contributed by atoms with E-state index in [2.05, 4.69) is 5.32 Å². The molecule has 0 radical (unpaired) electrons. The van der Waals surface area contributed by atoms with E-state index in [0.29, 0.717) is 27.8 Å². The van der Waals surface area contributed by atoms with Gasteiger partial charge >= 0.3 is 0 Å². The fourth-order valence-corrected chi connectivity index (χ4v) is 3.10. The smallest absolute Gasteiger partial charge is 0.270 e. The van der Waals surface area contributed by atoms with Crippen LogP contribution >= 0.6 is 23.8 Å². The molecule has 2 aromatic carbocycles. The van der Waals surface area contributed by atoms with Crippen LogP contribution in [-0.4, -0.2) is 36.6 Å². The summed E-state index contributed by atoms with van der Waals surface area (Å²) in [6, 6.07) is 11.2. The summed E-state index contributed by atoms with van der Waals surface area (Å²) in [7, 11) is 1.42. The van der Waals surface area contributed by atoms with Crippen LogP contribution in [0.5, 0.6) is 11.5 Å². The zero-order valence-electron chi connectivity index (χ0n) is 15.7. The highest BCUT2D eigenvalue weighted by atomic mass is 35.5. The number of nitrogens with one attached hydrogen (secondary N) is 1. The molecule has 8 nitrogen and oxygen atoms in total. The number of carbonyl (C=O) groups excluding carboxylic acids is 3. The molecule has 0 unspecified atom stereocenters. The van der Waals surface area contributed by atoms with Gasteiger partial charge in [0.25, 0.3) is 17.7 Å². The predicted octanol–water partition coefficient (Wildman–Crippen LogP) is 2.04. The Morgan fingerprint density at radius 1 is 1.20 bits per heavy atom. The zero-order valence-corrected chi connectivity index (χ0v) is 17.3. The number of thiocarbonyl (C=S) groups is 1. The predicted molar refractivity (Wildman–Crippen MR) is 115 cm³/mol. The monoisotopic (exact) mass is 445 g/mol. The minimum absolute atomic E-state index is 0.0303. The molecule has 1 saturated heterocycles. The highest BCUT2D eigenvalue weighted by molar-refractivity contribution is 7.80. The molecule has 3 N–H and O–H groups in total. The topological polar surface area (TPSA) is 111 Å². The molecule has 0 aromatic heterocycles. The number of carbonyl (C=O) groups is 3. The van der Waals surface area contributed by atoms with Crippen molar-refractivity contribution in [1.82, 2.24) is 5.32 Å². The lowest BCUT2D eigenvalue weighted by atomic mass is 10.1. The van der Waals surface area contributed by atoms with Gasteiger partial charge in [0.05, 0.1) is 12.8 Å². The van der Waals surface area contributed by atoms with E-state index in [9.17, 15) is 14.4 Å². The van der Waals surface area contributed by atoms with Crippen molar-refractivity contribution in [3.8, 4) is 11.5 Å². The first-order valence-electron chi connectivity index (χ1n) is 8.56. The third kappa shape index (κ3) is 4.58. The molecule has 2 aromatic rings. The van der Waals surface area contributed by atoms with Gasteiger partial charge in [-0.15, -0.1) is 0 Å². The van der Waals surface area contributed by atoms with Crippen LogP contribution in [0.2, 0.25) is 5.02 Å². The molecule has 3 rings (SSSR count). The number of ether oxygens (including phenoxy) is 2. The van der Waals surface area contributed by atoms with Crippen molar-refractivity contribution in [3.63, 3.8) is 0 Å². The average molecular weight is 446 g/mol. The van der Waals surface area contributed by atoms with E-state index in [0.717, 1.165) is 0 Å². The standard InChI is InChI=1S/C20H16ClN3O5S/c1-28-16-9-11(2-7-15(16)29-10-17(22)25)8-14-18(26)23-20(30)24(19(14)27)13-5-3-12(21)4-6-13/h2-9H,10H2,1H3,(H2,22,25)(H,23,26,30). The van der Waals surface area contributed by atoms with Crippen LogP contribution in [0.15, 0.2) is 48.0 Å². The van der Waals surface area contributed by atoms with E-state index in [1.165, 1.54) is 18.1 Å². The zero-order chi connectivity index (χ0) is 21.8. The Balaban J connectivity index is 1.94. The quantitative estimate of drug-likeness (QED) is 0.400. The lowest BCUT2D eigenvalue weighted by Crippen LogP contribution is -2.54. The summed E-state index contributed by atoms with van der Waals surface area (Å²) in [6.45, 7) is -0.314. The number of primary amides is 1. The molecule has 1 fully saturated rings. The molecule has 3 amide bonds. The van der Waals surface area contributed by atoms with Crippen molar-refractivity contribution in [2.75, 3.05) is 18.6 Å². The number of anilines is 1. The molecule has 10 heteroatoms. The van der Waals surface area contributed by atoms with Crippen LogP contribution in [0.25, 0.3) is 6.08 Å². The maximum atomic E-state index is 13.0. The van der Waals surface area contributed by atoms with Gasteiger partial charge in [-0.25, -0.2) is 0 Å². The van der Waals surface area contributed by atoms with Crippen LogP contribution in [0.4, 0.5) is 5.69 Å². The molecular weight excluding hydrogens is 430 g/mol. The summed E-state index contributed by atoms with van der Waals surface area (Å²) >= 11 is 11.1. The number of rotatable bonds is 6. The number of benzene rings is 2. The summed E-state index contributed by atoms with van der Waals surface area (Å²) in [4.78, 5) is 37.5. The molecule has 1 heterocycles. The molecule has 0 atom stereocenters. The maximum absolute atomic E-state index is 13.0. The molecular formula is C20H16ClN3O5S. The summed E-state index contributed by atoms with van der Waals surface area (Å²) in [5.74, 6) is -1.24. The van der Waals surface area contributed by atoms with E-state index in [1.807, 2.05) is 0 Å². The SMILES string of the molecule is COc1cc(C=C2C(=O)NC(=S)N(c3ccc(Cl)cc3)C2=O)ccc1OCC(N)=O. The number of amides is 3. The molecule has 154 valence electrons. The number of methoxy groups -OCH3 is 1. The average Bonchev–Trinajstić information content (AvgIpc) is 2.71. The van der Waals surface area contributed by atoms with Gasteiger partial charge in [0.1, 0.15) is 5.57 Å². The fraction of sp³-hybridized carbons (Fsp3) is 0.100. The molecule has 0 aliphatic carbocycles. The summed E-state index contributed by atoms with van der Waals surface area (Å²) in [6.07, 6.45) is 1.41. The number of nitrogens with two attached hydrogens (primary N) is 1. The second kappa shape index (κ2) is 8.93. The van der Waals surface area contributed by atoms with E-state index >= 15 is 0 Å². The van der Waals surface area contributed by atoms with E-state index in [4.69, 9.17) is 39.0 Å². The van der Waals surface area contributed by atoms with Crippen molar-refractivity contribution in [3.05, 3.63) is 58.6 Å². The Labute approximate surface area is 182 Å². The molecule has 0 saturated carbocycles. The van der Waals surface area contributed by atoms with Crippen molar-refractivity contribution >= 4 is 58.4 Å². The van der Waals surface area contributed by atoms with Gasteiger partial charge in [0, 0.05) is 5.02 Å². The number of hydrogen-bond donors (Lipinski definition) is 2. The Hall–Kier alpha value is -3.43. The van der Waals surface area contributed by atoms with Crippen LogP contribution in [-0.2, 0) is 14.4 Å². The van der Waals surface area contributed by atoms with E-state index < -0.39 is 17.7 Å². The van der Waals surface area contributed by atoms with E-state index in [1.54, 1.807) is 42.5 Å². The van der Waals surface area contributed by atoms with Gasteiger partial charge in [0.2, 0.25) is 0 Å². The highest BCUT2D eigenvalue weighted by Crippen LogP contribution is 2.30. The third-order valence-corrected chi connectivity index (χ3v) is 4.59. The largest absolute Gasteiger partial charge is 0.493 e. The Morgan fingerprint density at radius 3 is 2.53 bits per heavy atom. The normalized spacial score (nSPS) is 15.2. The van der Waals surface area contributed by atoms with Gasteiger partial charge in [-0.1, -0.05) is 17.7 Å². The summed E-state index contributed by atoms with van der Waals surface area (Å²) in [5, 5.41) is 2.97. The van der Waals surface area contributed by atoms with Gasteiger partial charge < -0.3 is 15.2 Å². The maximum Gasteiger partial charge on any atom is 0.270 e. The van der Waals surface area contributed by atoms with Crippen LogP contribution in [0.1, 0.15) is 5.56 Å². The lowest BCUT2D eigenvalue weighted by molar-refractivity contribution is -0.122. The van der Waals surface area contributed by atoms with Gasteiger partial charge in [-0.2, -0.15) is 0 Å². The Morgan fingerprint density at radius 2 is 1.90 bits per heavy atom.